The van der Waals surface area contributed by atoms with E-state index in [1.807, 2.05) is 6.92 Å². The van der Waals surface area contributed by atoms with Crippen LogP contribution in [0, 0.1) is 11.7 Å². The molecule has 0 aliphatic carbocycles. The van der Waals surface area contributed by atoms with Gasteiger partial charge >= 0.3 is 0 Å². The summed E-state index contributed by atoms with van der Waals surface area (Å²) in [5, 5.41) is 2.74. The van der Waals surface area contributed by atoms with Gasteiger partial charge in [-0.05, 0) is 30.7 Å². The molecule has 0 saturated heterocycles. The number of ether oxygens (including phenoxy) is 1. The molecular formula is C13H20ClFN2O3S. The summed E-state index contributed by atoms with van der Waals surface area (Å²) in [6, 6.07) is 2.29. The summed E-state index contributed by atoms with van der Waals surface area (Å²) in [4.78, 5) is -0.140. The lowest BCUT2D eigenvalue weighted by atomic mass is 10.2. The summed E-state index contributed by atoms with van der Waals surface area (Å²) < 4.78 is 45.5. The van der Waals surface area contributed by atoms with Crippen molar-refractivity contribution in [2.75, 3.05) is 27.3 Å². The molecule has 0 aromatic heterocycles. The molecule has 120 valence electrons. The maximum atomic E-state index is 13.7. The van der Waals surface area contributed by atoms with Crippen molar-refractivity contribution >= 4 is 21.6 Å². The fourth-order valence-corrected chi connectivity index (χ4v) is 3.17. The van der Waals surface area contributed by atoms with Gasteiger partial charge in [-0.1, -0.05) is 18.5 Å². The van der Waals surface area contributed by atoms with Gasteiger partial charge < -0.3 is 10.1 Å². The van der Waals surface area contributed by atoms with Gasteiger partial charge in [-0.2, -0.15) is 0 Å². The van der Waals surface area contributed by atoms with Crippen molar-refractivity contribution in [1.82, 2.24) is 10.0 Å². The van der Waals surface area contributed by atoms with E-state index in [4.69, 9.17) is 16.3 Å². The van der Waals surface area contributed by atoms with Crippen LogP contribution in [0.1, 0.15) is 12.5 Å². The first kappa shape index (κ1) is 18.3. The second kappa shape index (κ2) is 8.05. The van der Waals surface area contributed by atoms with E-state index in [1.54, 1.807) is 14.2 Å². The summed E-state index contributed by atoms with van der Waals surface area (Å²) in [6.07, 6.45) is 0. The highest BCUT2D eigenvalue weighted by Gasteiger charge is 2.19. The fraction of sp³-hybridized carbons (Fsp3) is 0.538. The molecule has 2 N–H and O–H groups in total. The Hall–Kier alpha value is -0.730. The largest absolute Gasteiger partial charge is 0.384 e. The molecule has 0 heterocycles. The number of hydrogen-bond acceptors (Lipinski definition) is 4. The Bertz CT molecular complexity index is 581. The SMILES string of the molecule is CNCc1cc(S(=O)(=O)NCC(C)COC)cc(F)c1Cl. The van der Waals surface area contributed by atoms with E-state index in [1.165, 1.54) is 6.07 Å². The van der Waals surface area contributed by atoms with Crippen LogP contribution in [0.5, 0.6) is 0 Å². The van der Waals surface area contributed by atoms with Crippen LogP contribution >= 0.6 is 11.6 Å². The third-order valence-electron chi connectivity index (χ3n) is 2.83. The van der Waals surface area contributed by atoms with E-state index in [-0.39, 0.29) is 28.9 Å². The van der Waals surface area contributed by atoms with Gasteiger partial charge in [0, 0.05) is 26.8 Å². The van der Waals surface area contributed by atoms with Crippen molar-refractivity contribution in [3.63, 3.8) is 0 Å². The van der Waals surface area contributed by atoms with Crippen LogP contribution in [0.3, 0.4) is 0 Å². The number of hydrogen-bond donors (Lipinski definition) is 2. The first-order chi connectivity index (χ1) is 9.81. The standard InChI is InChI=1S/C13H20ClFN2O3S/c1-9(8-20-3)6-17-21(18,19)11-4-10(7-16-2)13(14)12(15)5-11/h4-5,9,16-17H,6-8H2,1-3H3. The molecule has 0 radical (unpaired) electrons. The van der Waals surface area contributed by atoms with Crippen molar-refractivity contribution in [3.05, 3.63) is 28.5 Å². The van der Waals surface area contributed by atoms with Crippen molar-refractivity contribution < 1.29 is 17.5 Å². The highest BCUT2D eigenvalue weighted by Crippen LogP contribution is 2.24. The Morgan fingerprint density at radius 3 is 2.67 bits per heavy atom. The van der Waals surface area contributed by atoms with E-state index < -0.39 is 15.8 Å². The maximum absolute atomic E-state index is 13.7. The van der Waals surface area contributed by atoms with Crippen LogP contribution < -0.4 is 10.0 Å². The summed E-state index contributed by atoms with van der Waals surface area (Å²) >= 11 is 5.82. The molecule has 1 unspecified atom stereocenters. The van der Waals surface area contributed by atoms with Gasteiger partial charge in [-0.25, -0.2) is 17.5 Å². The highest BCUT2D eigenvalue weighted by molar-refractivity contribution is 7.89. The summed E-state index contributed by atoms with van der Waals surface area (Å²) in [5.41, 5.74) is 0.393. The third-order valence-corrected chi connectivity index (χ3v) is 4.65. The maximum Gasteiger partial charge on any atom is 0.240 e. The molecule has 0 aliphatic heterocycles. The van der Waals surface area contributed by atoms with E-state index in [0.717, 1.165) is 6.07 Å². The molecule has 0 spiro atoms. The molecular weight excluding hydrogens is 319 g/mol. The van der Waals surface area contributed by atoms with Crippen LogP contribution in [0.2, 0.25) is 5.02 Å². The lowest BCUT2D eigenvalue weighted by Crippen LogP contribution is -2.30. The molecule has 0 fully saturated rings. The second-order valence-corrected chi connectivity index (χ2v) is 6.97. The zero-order chi connectivity index (χ0) is 16.0. The van der Waals surface area contributed by atoms with Gasteiger partial charge in [0.2, 0.25) is 10.0 Å². The first-order valence-electron chi connectivity index (χ1n) is 6.43. The van der Waals surface area contributed by atoms with E-state index in [9.17, 15) is 12.8 Å². The molecule has 8 heteroatoms. The van der Waals surface area contributed by atoms with Gasteiger partial charge in [0.1, 0.15) is 5.82 Å². The monoisotopic (exact) mass is 338 g/mol. The minimum Gasteiger partial charge on any atom is -0.384 e. The van der Waals surface area contributed by atoms with Crippen molar-refractivity contribution in [2.45, 2.75) is 18.4 Å². The summed E-state index contributed by atoms with van der Waals surface area (Å²) in [7, 11) is -0.574. The minimum absolute atomic E-state index is 0.0127. The molecule has 0 amide bonds. The van der Waals surface area contributed by atoms with Crippen LogP contribution in [-0.4, -0.2) is 35.7 Å². The van der Waals surface area contributed by atoms with Gasteiger partial charge in [-0.3, -0.25) is 0 Å². The molecule has 1 aromatic carbocycles. The predicted molar refractivity (Wildman–Crippen MR) is 80.4 cm³/mol. The number of methoxy groups -OCH3 is 1. The predicted octanol–water partition coefficient (Wildman–Crippen LogP) is 1.76. The highest BCUT2D eigenvalue weighted by atomic mass is 35.5. The van der Waals surface area contributed by atoms with Crippen molar-refractivity contribution in [1.29, 1.82) is 0 Å². The quantitative estimate of drug-likeness (QED) is 0.758. The number of nitrogens with one attached hydrogen (secondary N) is 2. The molecule has 5 nitrogen and oxygen atoms in total. The van der Waals surface area contributed by atoms with Gasteiger partial charge in [0.25, 0.3) is 0 Å². The van der Waals surface area contributed by atoms with E-state index >= 15 is 0 Å². The molecule has 1 aromatic rings. The zero-order valence-corrected chi connectivity index (χ0v) is 13.8. The van der Waals surface area contributed by atoms with Crippen LogP contribution in [0.4, 0.5) is 4.39 Å². The topological polar surface area (TPSA) is 67.4 Å². The first-order valence-corrected chi connectivity index (χ1v) is 8.29. The average molecular weight is 339 g/mol. The molecule has 1 rings (SSSR count). The Kier molecular flexibility index (Phi) is 7.02. The van der Waals surface area contributed by atoms with E-state index in [0.29, 0.717) is 12.2 Å². The lowest BCUT2D eigenvalue weighted by molar-refractivity contribution is 0.161. The zero-order valence-electron chi connectivity index (χ0n) is 12.2. The van der Waals surface area contributed by atoms with Crippen LogP contribution in [-0.2, 0) is 21.3 Å². The molecule has 1 atom stereocenters. The smallest absolute Gasteiger partial charge is 0.240 e. The molecule has 0 aliphatic rings. The lowest BCUT2D eigenvalue weighted by Gasteiger charge is -2.13. The minimum atomic E-state index is -3.79. The van der Waals surface area contributed by atoms with E-state index in [2.05, 4.69) is 10.0 Å². The van der Waals surface area contributed by atoms with Gasteiger partial charge in [0.15, 0.2) is 0 Å². The number of halogens is 2. The fourth-order valence-electron chi connectivity index (χ4n) is 1.77. The Labute approximate surface area is 129 Å². The molecule has 21 heavy (non-hydrogen) atoms. The van der Waals surface area contributed by atoms with Crippen LogP contribution in [0.25, 0.3) is 0 Å². The van der Waals surface area contributed by atoms with Crippen molar-refractivity contribution in [2.24, 2.45) is 5.92 Å². The van der Waals surface area contributed by atoms with Crippen molar-refractivity contribution in [3.8, 4) is 0 Å². The Balaban J connectivity index is 2.97. The Morgan fingerprint density at radius 2 is 2.10 bits per heavy atom. The summed E-state index contributed by atoms with van der Waals surface area (Å²) in [6.45, 7) is 2.77. The number of sulfonamides is 1. The average Bonchev–Trinajstić information content (AvgIpc) is 2.42. The van der Waals surface area contributed by atoms with Gasteiger partial charge in [0.05, 0.1) is 9.92 Å². The summed E-state index contributed by atoms with van der Waals surface area (Å²) in [5.74, 6) is -0.742. The number of benzene rings is 1. The third kappa shape index (κ3) is 5.19. The Morgan fingerprint density at radius 1 is 1.43 bits per heavy atom. The van der Waals surface area contributed by atoms with Crippen LogP contribution in [0.15, 0.2) is 17.0 Å². The second-order valence-electron chi connectivity index (χ2n) is 4.82. The molecule has 0 bridgehead atoms. The normalized spacial score (nSPS) is 13.4. The van der Waals surface area contributed by atoms with Gasteiger partial charge in [-0.15, -0.1) is 0 Å². The number of rotatable bonds is 8. The molecule has 0 saturated carbocycles.